The summed E-state index contributed by atoms with van der Waals surface area (Å²) < 4.78 is 2.21. The zero-order chi connectivity index (χ0) is 17.2. The Labute approximate surface area is 171 Å². The molecular formula is C19H27IN6. The maximum absolute atomic E-state index is 6.17. The number of aliphatic imine (C=N–C) groups is 1. The molecule has 2 heterocycles. The number of nitrogens with zero attached hydrogens (tertiary/aromatic N) is 4. The minimum atomic E-state index is 0. The fourth-order valence-corrected chi connectivity index (χ4v) is 3.98. The molecule has 7 heteroatoms. The van der Waals surface area contributed by atoms with Gasteiger partial charge in [0.25, 0.3) is 0 Å². The molecule has 1 aromatic heterocycles. The number of nitrogens with two attached hydrogens (primary N) is 1. The number of aromatic nitrogens is 3. The zero-order valence-electron chi connectivity index (χ0n) is 15.2. The van der Waals surface area contributed by atoms with Crippen molar-refractivity contribution in [3.05, 3.63) is 41.0 Å². The highest BCUT2D eigenvalue weighted by Gasteiger charge is 2.21. The van der Waals surface area contributed by atoms with Gasteiger partial charge in [-0.3, -0.25) is 4.99 Å². The van der Waals surface area contributed by atoms with Crippen LogP contribution in [0, 0.1) is 12.8 Å². The van der Waals surface area contributed by atoms with Gasteiger partial charge >= 0.3 is 0 Å². The average Bonchev–Trinajstić information content (AvgIpc) is 3.01. The Morgan fingerprint density at radius 3 is 3.00 bits per heavy atom. The van der Waals surface area contributed by atoms with Crippen molar-refractivity contribution in [3.8, 4) is 0 Å². The van der Waals surface area contributed by atoms with Gasteiger partial charge in [0.2, 0.25) is 0 Å². The lowest BCUT2D eigenvalue weighted by atomic mass is 9.90. The number of rotatable bonds is 3. The van der Waals surface area contributed by atoms with Crippen molar-refractivity contribution < 1.29 is 0 Å². The van der Waals surface area contributed by atoms with Crippen molar-refractivity contribution in [1.82, 2.24) is 14.8 Å². The van der Waals surface area contributed by atoms with Crippen LogP contribution in [0.1, 0.15) is 42.0 Å². The van der Waals surface area contributed by atoms with Crippen molar-refractivity contribution in [2.75, 3.05) is 11.9 Å². The molecule has 0 spiro atoms. The van der Waals surface area contributed by atoms with Gasteiger partial charge in [0.15, 0.2) is 5.96 Å². The number of guanidine groups is 1. The second-order valence-corrected chi connectivity index (χ2v) is 7.18. The number of benzene rings is 1. The van der Waals surface area contributed by atoms with Crippen molar-refractivity contribution in [2.24, 2.45) is 16.6 Å². The van der Waals surface area contributed by atoms with E-state index in [4.69, 9.17) is 5.73 Å². The summed E-state index contributed by atoms with van der Waals surface area (Å²) in [5.74, 6) is 3.10. The predicted molar refractivity (Wildman–Crippen MR) is 115 cm³/mol. The van der Waals surface area contributed by atoms with E-state index in [0.717, 1.165) is 49.7 Å². The summed E-state index contributed by atoms with van der Waals surface area (Å²) in [6, 6.07) is 6.45. The minimum Gasteiger partial charge on any atom is -0.370 e. The number of anilines is 1. The number of halogens is 1. The maximum atomic E-state index is 6.17. The molecule has 0 saturated carbocycles. The highest BCUT2D eigenvalue weighted by atomic mass is 127. The molecule has 0 amide bonds. The number of hydrogen-bond donors (Lipinski definition) is 2. The fraction of sp³-hybridized carbons (Fsp3) is 0.526. The maximum Gasteiger partial charge on any atom is 0.193 e. The summed E-state index contributed by atoms with van der Waals surface area (Å²) in [6.07, 6.45) is 6.91. The van der Waals surface area contributed by atoms with E-state index in [0.29, 0.717) is 11.9 Å². The first-order valence-electron chi connectivity index (χ1n) is 9.27. The molecule has 3 N–H and O–H groups in total. The van der Waals surface area contributed by atoms with Gasteiger partial charge in [0.05, 0.1) is 0 Å². The summed E-state index contributed by atoms with van der Waals surface area (Å²) >= 11 is 0. The summed E-state index contributed by atoms with van der Waals surface area (Å²) in [5.41, 5.74) is 10.2. The average molecular weight is 466 g/mol. The quantitative estimate of drug-likeness (QED) is 0.414. The van der Waals surface area contributed by atoms with E-state index < -0.39 is 0 Å². The minimum absolute atomic E-state index is 0. The second-order valence-electron chi connectivity index (χ2n) is 7.18. The Kier molecular flexibility index (Phi) is 6.16. The first-order chi connectivity index (χ1) is 12.2. The third kappa shape index (κ3) is 4.02. The van der Waals surface area contributed by atoms with Gasteiger partial charge in [-0.15, -0.1) is 34.2 Å². The largest absolute Gasteiger partial charge is 0.370 e. The number of nitrogens with one attached hydrogen (secondary N) is 1. The highest BCUT2D eigenvalue weighted by Crippen LogP contribution is 2.27. The van der Waals surface area contributed by atoms with Gasteiger partial charge in [-0.2, -0.15) is 0 Å². The zero-order valence-corrected chi connectivity index (χ0v) is 17.6. The first kappa shape index (κ1) is 19.1. The molecule has 2 aromatic rings. The SMILES string of the molecule is Cc1nnc2n1CC(CN=C(N)Nc1cccc3c1CCCC3)CC2.I. The van der Waals surface area contributed by atoms with Crippen LogP contribution >= 0.6 is 24.0 Å². The summed E-state index contributed by atoms with van der Waals surface area (Å²) in [4.78, 5) is 4.61. The van der Waals surface area contributed by atoms with Crippen LogP contribution in [0.2, 0.25) is 0 Å². The second kappa shape index (κ2) is 8.37. The lowest BCUT2D eigenvalue weighted by molar-refractivity contribution is 0.370. The molecule has 1 aliphatic carbocycles. The van der Waals surface area contributed by atoms with Crippen LogP contribution in [0.3, 0.4) is 0 Å². The standard InChI is InChI=1S/C19H26N6.HI/c1-13-23-24-18-10-9-14(12-25(13)18)11-21-19(20)22-17-8-4-6-15-5-2-3-7-16(15)17;/h4,6,8,14H,2-3,5,7,9-12H2,1H3,(H3,20,21,22);1H. The molecule has 0 radical (unpaired) electrons. The Morgan fingerprint density at radius 2 is 2.12 bits per heavy atom. The summed E-state index contributed by atoms with van der Waals surface area (Å²) in [5, 5.41) is 11.7. The third-order valence-corrected chi connectivity index (χ3v) is 5.41. The van der Waals surface area contributed by atoms with Gasteiger partial charge in [0.1, 0.15) is 11.6 Å². The first-order valence-corrected chi connectivity index (χ1v) is 9.27. The molecule has 26 heavy (non-hydrogen) atoms. The van der Waals surface area contributed by atoms with Crippen LogP contribution in [0.5, 0.6) is 0 Å². The molecule has 0 bridgehead atoms. The van der Waals surface area contributed by atoms with E-state index in [1.165, 1.54) is 30.4 Å². The number of aryl methyl sites for hydroxylation is 3. The smallest absolute Gasteiger partial charge is 0.193 e. The lowest BCUT2D eigenvalue weighted by Gasteiger charge is -2.23. The Bertz CT molecular complexity index is 797. The molecule has 2 aliphatic rings. The summed E-state index contributed by atoms with van der Waals surface area (Å²) in [6.45, 7) is 3.69. The number of fused-ring (bicyclic) bond motifs is 2. The predicted octanol–water partition coefficient (Wildman–Crippen LogP) is 3.07. The normalized spacial score (nSPS) is 19.3. The van der Waals surface area contributed by atoms with Crippen LogP contribution in [0.15, 0.2) is 23.2 Å². The number of hydrogen-bond acceptors (Lipinski definition) is 3. The molecule has 6 nitrogen and oxygen atoms in total. The van der Waals surface area contributed by atoms with Crippen LogP contribution in [0.25, 0.3) is 0 Å². The van der Waals surface area contributed by atoms with E-state index in [9.17, 15) is 0 Å². The Hall–Kier alpha value is -1.64. The molecule has 140 valence electrons. The molecule has 4 rings (SSSR count). The van der Waals surface area contributed by atoms with Crippen molar-refractivity contribution in [2.45, 2.75) is 52.0 Å². The van der Waals surface area contributed by atoms with Crippen LogP contribution in [-0.4, -0.2) is 27.3 Å². The van der Waals surface area contributed by atoms with Gasteiger partial charge in [-0.25, -0.2) is 0 Å². The molecule has 0 fully saturated rings. The van der Waals surface area contributed by atoms with Gasteiger partial charge in [0, 0.05) is 25.2 Å². The van der Waals surface area contributed by atoms with Gasteiger partial charge in [-0.1, -0.05) is 12.1 Å². The van der Waals surface area contributed by atoms with Crippen LogP contribution in [0.4, 0.5) is 5.69 Å². The van der Waals surface area contributed by atoms with E-state index in [1.54, 1.807) is 0 Å². The fourth-order valence-electron chi connectivity index (χ4n) is 3.98. The highest BCUT2D eigenvalue weighted by molar-refractivity contribution is 14.0. The topological polar surface area (TPSA) is 81.1 Å². The van der Waals surface area contributed by atoms with E-state index in [-0.39, 0.29) is 24.0 Å². The molecular weight excluding hydrogens is 439 g/mol. The molecule has 1 unspecified atom stereocenters. The van der Waals surface area contributed by atoms with Crippen molar-refractivity contribution in [3.63, 3.8) is 0 Å². The van der Waals surface area contributed by atoms with E-state index in [1.807, 2.05) is 6.92 Å². The van der Waals surface area contributed by atoms with Gasteiger partial charge < -0.3 is 15.6 Å². The Morgan fingerprint density at radius 1 is 1.27 bits per heavy atom. The molecule has 0 saturated heterocycles. The van der Waals surface area contributed by atoms with E-state index >= 15 is 0 Å². The van der Waals surface area contributed by atoms with Crippen LogP contribution < -0.4 is 11.1 Å². The molecule has 1 atom stereocenters. The van der Waals surface area contributed by atoms with Crippen molar-refractivity contribution in [1.29, 1.82) is 0 Å². The Balaban J connectivity index is 0.00000196. The molecule has 1 aromatic carbocycles. The third-order valence-electron chi connectivity index (χ3n) is 5.41. The monoisotopic (exact) mass is 466 g/mol. The molecule has 1 aliphatic heterocycles. The van der Waals surface area contributed by atoms with Crippen molar-refractivity contribution >= 4 is 35.6 Å². The van der Waals surface area contributed by atoms with Gasteiger partial charge in [-0.05, 0) is 62.1 Å². The lowest BCUT2D eigenvalue weighted by Crippen LogP contribution is -2.27. The van der Waals surface area contributed by atoms with E-state index in [2.05, 4.69) is 43.3 Å². The van der Waals surface area contributed by atoms with Crippen LogP contribution in [-0.2, 0) is 25.8 Å². The summed E-state index contributed by atoms with van der Waals surface area (Å²) in [7, 11) is 0.